The number of hydrogen-bond donors (Lipinski definition) is 2. The Hall–Kier alpha value is -1.40. The van der Waals surface area contributed by atoms with E-state index in [-0.39, 0.29) is 5.75 Å². The first-order valence-corrected chi connectivity index (χ1v) is 7.40. The molecule has 6 heteroatoms. The molecule has 5 nitrogen and oxygen atoms in total. The third-order valence-corrected chi connectivity index (χ3v) is 4.80. The van der Waals surface area contributed by atoms with Crippen LogP contribution in [0.3, 0.4) is 0 Å². The summed E-state index contributed by atoms with van der Waals surface area (Å²) in [5.74, 6) is -0.326. The molecule has 98 valence electrons. The molecule has 2 rings (SSSR count). The van der Waals surface area contributed by atoms with E-state index in [1.165, 1.54) is 13.0 Å². The summed E-state index contributed by atoms with van der Waals surface area (Å²) in [5.41, 5.74) is 1.24. The second-order valence-electron chi connectivity index (χ2n) is 4.41. The molecule has 0 aromatic heterocycles. The summed E-state index contributed by atoms with van der Waals surface area (Å²) in [6.45, 7) is 1.37. The molecule has 0 spiro atoms. The highest BCUT2D eigenvalue weighted by Crippen LogP contribution is 2.27. The Labute approximate surface area is 106 Å². The van der Waals surface area contributed by atoms with Crippen molar-refractivity contribution in [2.45, 2.75) is 30.8 Å². The van der Waals surface area contributed by atoms with Gasteiger partial charge >= 0.3 is 0 Å². The van der Waals surface area contributed by atoms with E-state index in [0.717, 1.165) is 5.56 Å². The van der Waals surface area contributed by atoms with Crippen LogP contribution in [0, 0.1) is 0 Å². The number of amides is 1. The zero-order valence-corrected chi connectivity index (χ0v) is 10.8. The van der Waals surface area contributed by atoms with Crippen molar-refractivity contribution in [3.63, 3.8) is 0 Å². The molecule has 18 heavy (non-hydrogen) atoms. The molecule has 0 aliphatic carbocycles. The van der Waals surface area contributed by atoms with Gasteiger partial charge in [-0.2, -0.15) is 0 Å². The average Bonchev–Trinajstić information content (AvgIpc) is 2.28. The summed E-state index contributed by atoms with van der Waals surface area (Å²) in [5, 5.41) is 11.6. The SMILES string of the molecule is CC(O)C(=O)Nc1ccc2c(c1)CCCS2(=O)=O. The van der Waals surface area contributed by atoms with Gasteiger partial charge in [-0.25, -0.2) is 8.42 Å². The first kappa shape index (κ1) is 13.0. The number of carbonyl (C=O) groups is 1. The standard InChI is InChI=1S/C12H15NO4S/c1-8(14)12(15)13-10-4-5-11-9(7-10)3-2-6-18(11,16)17/h4-5,7-8,14H,2-3,6H2,1H3,(H,13,15). The average molecular weight is 269 g/mol. The van der Waals surface area contributed by atoms with E-state index in [1.807, 2.05) is 0 Å². The molecule has 1 heterocycles. The Morgan fingerprint density at radius 1 is 1.44 bits per heavy atom. The highest BCUT2D eigenvalue weighted by molar-refractivity contribution is 7.91. The van der Waals surface area contributed by atoms with Crippen LogP contribution in [0.5, 0.6) is 0 Å². The van der Waals surface area contributed by atoms with Gasteiger partial charge in [-0.1, -0.05) is 0 Å². The topological polar surface area (TPSA) is 83.5 Å². The minimum atomic E-state index is -3.17. The lowest BCUT2D eigenvalue weighted by atomic mass is 10.1. The largest absolute Gasteiger partial charge is 0.384 e. The Morgan fingerprint density at radius 3 is 2.83 bits per heavy atom. The minimum absolute atomic E-state index is 0.180. The first-order chi connectivity index (χ1) is 8.40. The second kappa shape index (κ2) is 4.70. The van der Waals surface area contributed by atoms with Gasteiger partial charge in [0.25, 0.3) is 5.91 Å². The second-order valence-corrected chi connectivity index (χ2v) is 6.49. The van der Waals surface area contributed by atoms with Crippen LogP contribution in [-0.4, -0.2) is 31.3 Å². The number of aliphatic hydroxyl groups is 1. The molecule has 0 radical (unpaired) electrons. The van der Waals surface area contributed by atoms with Crippen molar-refractivity contribution in [3.8, 4) is 0 Å². The number of rotatable bonds is 2. The smallest absolute Gasteiger partial charge is 0.252 e. The summed E-state index contributed by atoms with van der Waals surface area (Å²) in [4.78, 5) is 11.7. The molecule has 1 aliphatic rings. The van der Waals surface area contributed by atoms with Crippen molar-refractivity contribution in [2.75, 3.05) is 11.1 Å². The highest BCUT2D eigenvalue weighted by Gasteiger charge is 2.23. The fourth-order valence-electron chi connectivity index (χ4n) is 1.97. The normalized spacial score (nSPS) is 18.8. The van der Waals surface area contributed by atoms with E-state index in [2.05, 4.69) is 5.32 Å². The van der Waals surface area contributed by atoms with Crippen LogP contribution in [-0.2, 0) is 21.1 Å². The van der Waals surface area contributed by atoms with Crippen molar-refractivity contribution < 1.29 is 18.3 Å². The number of aryl methyl sites for hydroxylation is 1. The number of fused-ring (bicyclic) bond motifs is 1. The molecule has 1 aliphatic heterocycles. The zero-order chi connectivity index (χ0) is 13.3. The third kappa shape index (κ3) is 2.54. The predicted octanol–water partition coefficient (Wildman–Crippen LogP) is 0.726. The number of aliphatic hydroxyl groups excluding tert-OH is 1. The van der Waals surface area contributed by atoms with Gasteiger partial charge in [0.05, 0.1) is 10.6 Å². The maximum Gasteiger partial charge on any atom is 0.252 e. The van der Waals surface area contributed by atoms with Gasteiger partial charge < -0.3 is 10.4 Å². The van der Waals surface area contributed by atoms with E-state index in [9.17, 15) is 13.2 Å². The number of carbonyl (C=O) groups excluding carboxylic acids is 1. The number of nitrogens with one attached hydrogen (secondary N) is 1. The fraction of sp³-hybridized carbons (Fsp3) is 0.417. The first-order valence-electron chi connectivity index (χ1n) is 5.75. The van der Waals surface area contributed by atoms with Gasteiger partial charge in [-0.15, -0.1) is 0 Å². The Balaban J connectivity index is 2.31. The van der Waals surface area contributed by atoms with Gasteiger partial charge in [-0.3, -0.25) is 4.79 Å². The molecule has 0 bridgehead atoms. The molecule has 1 atom stereocenters. The third-order valence-electron chi connectivity index (χ3n) is 2.90. The minimum Gasteiger partial charge on any atom is -0.384 e. The van der Waals surface area contributed by atoms with Gasteiger partial charge in [0.1, 0.15) is 6.10 Å². The number of hydrogen-bond acceptors (Lipinski definition) is 4. The Bertz CT molecular complexity index is 578. The number of sulfone groups is 1. The van der Waals surface area contributed by atoms with Crippen LogP contribution < -0.4 is 5.32 Å². The summed E-state index contributed by atoms with van der Waals surface area (Å²) >= 11 is 0. The molecule has 0 saturated heterocycles. The summed E-state index contributed by atoms with van der Waals surface area (Å²) in [7, 11) is -3.17. The van der Waals surface area contributed by atoms with E-state index in [1.54, 1.807) is 12.1 Å². The lowest BCUT2D eigenvalue weighted by molar-refractivity contribution is -0.123. The van der Waals surface area contributed by atoms with Crippen LogP contribution >= 0.6 is 0 Å². The monoisotopic (exact) mass is 269 g/mol. The molecule has 1 aromatic carbocycles. The molecule has 1 amide bonds. The van der Waals surface area contributed by atoms with Crippen LogP contribution in [0.15, 0.2) is 23.1 Å². The van der Waals surface area contributed by atoms with Gasteiger partial charge in [0.2, 0.25) is 0 Å². The molecule has 2 N–H and O–H groups in total. The van der Waals surface area contributed by atoms with Crippen molar-refractivity contribution >= 4 is 21.4 Å². The fourth-order valence-corrected chi connectivity index (χ4v) is 3.55. The molecular weight excluding hydrogens is 254 g/mol. The van der Waals surface area contributed by atoms with E-state index < -0.39 is 21.8 Å². The van der Waals surface area contributed by atoms with Gasteiger partial charge in [0, 0.05) is 5.69 Å². The summed E-state index contributed by atoms with van der Waals surface area (Å²) in [6, 6.07) is 4.72. The Morgan fingerprint density at radius 2 is 2.17 bits per heavy atom. The maximum atomic E-state index is 11.8. The Kier molecular flexibility index (Phi) is 3.41. The molecule has 1 aromatic rings. The highest BCUT2D eigenvalue weighted by atomic mass is 32.2. The van der Waals surface area contributed by atoms with Crippen LogP contribution in [0.4, 0.5) is 5.69 Å². The van der Waals surface area contributed by atoms with Gasteiger partial charge in [0.15, 0.2) is 9.84 Å². The van der Waals surface area contributed by atoms with Gasteiger partial charge in [-0.05, 0) is 43.5 Å². The van der Waals surface area contributed by atoms with Crippen molar-refractivity contribution in [1.82, 2.24) is 0 Å². The lowest BCUT2D eigenvalue weighted by Crippen LogP contribution is -2.24. The number of anilines is 1. The van der Waals surface area contributed by atoms with Crippen LogP contribution in [0.1, 0.15) is 18.9 Å². The van der Waals surface area contributed by atoms with Crippen molar-refractivity contribution in [2.24, 2.45) is 0 Å². The molecule has 1 unspecified atom stereocenters. The van der Waals surface area contributed by atoms with E-state index in [0.29, 0.717) is 23.4 Å². The van der Waals surface area contributed by atoms with Crippen LogP contribution in [0.25, 0.3) is 0 Å². The summed E-state index contributed by atoms with van der Waals surface area (Å²) < 4.78 is 23.6. The van der Waals surface area contributed by atoms with Crippen LogP contribution in [0.2, 0.25) is 0 Å². The molecule has 0 saturated carbocycles. The van der Waals surface area contributed by atoms with Crippen molar-refractivity contribution in [3.05, 3.63) is 23.8 Å². The number of benzene rings is 1. The molecule has 0 fully saturated rings. The zero-order valence-electron chi connectivity index (χ0n) is 10.0. The predicted molar refractivity (Wildman–Crippen MR) is 67.1 cm³/mol. The molecular formula is C12H15NO4S. The maximum absolute atomic E-state index is 11.8. The quantitative estimate of drug-likeness (QED) is 0.829. The van der Waals surface area contributed by atoms with E-state index >= 15 is 0 Å². The summed E-state index contributed by atoms with van der Waals surface area (Å²) in [6.07, 6.45) is 0.195. The van der Waals surface area contributed by atoms with E-state index in [4.69, 9.17) is 5.11 Å². The van der Waals surface area contributed by atoms with Crippen molar-refractivity contribution in [1.29, 1.82) is 0 Å². The lowest BCUT2D eigenvalue weighted by Gasteiger charge is -2.17.